The second kappa shape index (κ2) is 14.9. The molecule has 51 heavy (non-hydrogen) atoms. The van der Waals surface area contributed by atoms with Gasteiger partial charge in [-0.05, 0) is 59.9 Å². The third kappa shape index (κ3) is 7.29. The van der Waals surface area contributed by atoms with Crippen LogP contribution in [0.3, 0.4) is 0 Å². The Morgan fingerprint density at radius 2 is 1.71 bits per heavy atom. The fourth-order valence-corrected chi connectivity index (χ4v) is 6.56. The van der Waals surface area contributed by atoms with E-state index in [0.717, 1.165) is 4.90 Å². The summed E-state index contributed by atoms with van der Waals surface area (Å²) in [5.74, 6) is -3.73. The molecule has 268 valence electrons. The Morgan fingerprint density at radius 3 is 2.41 bits per heavy atom. The number of benzene rings is 3. The van der Waals surface area contributed by atoms with Crippen molar-refractivity contribution in [2.45, 2.75) is 61.9 Å². The molecule has 3 aromatic carbocycles. The molecule has 0 aromatic heterocycles. The molecular formula is C36H37N3O12. The van der Waals surface area contributed by atoms with Crippen LogP contribution in [-0.2, 0) is 27.2 Å². The molecule has 0 radical (unpaired) electrons. The molecule has 1 saturated heterocycles. The Morgan fingerprint density at radius 1 is 0.941 bits per heavy atom. The van der Waals surface area contributed by atoms with Crippen LogP contribution in [-0.4, -0.2) is 115 Å². The minimum absolute atomic E-state index is 0.0186. The first-order valence-corrected chi connectivity index (χ1v) is 16.2. The lowest BCUT2D eigenvalue weighted by atomic mass is 9.88. The second-order valence-corrected chi connectivity index (χ2v) is 12.5. The zero-order valence-electron chi connectivity index (χ0n) is 27.1. The summed E-state index contributed by atoms with van der Waals surface area (Å²) < 4.78 is 11.1. The standard InChI is InChI=1S/C36H37N3O12/c40-16-29-32(45)33(46)34(47)36(51-29)50-28-14-24-23(13-27(28)43)22(8-7-19-3-1-2-4-25(19)41)31(35(48)49)39(24)30(44)10-6-18-5-9-26(42)20(11-18)12-21-15-37-17-38-21/h1-6,9-11,13-15,22,29,31-34,36,40-43,45-47H,7-8,12,16-17H2,(H,48,49)/t22-,29+,31+,32+,33-,34+,36-/m0/s1. The summed E-state index contributed by atoms with van der Waals surface area (Å²) in [6, 6.07) is 12.3. The first-order valence-electron chi connectivity index (χ1n) is 16.2. The van der Waals surface area contributed by atoms with Gasteiger partial charge < -0.3 is 50.3 Å². The predicted octanol–water partition coefficient (Wildman–Crippen LogP) is 1.24. The van der Waals surface area contributed by atoms with Gasteiger partial charge in [-0.1, -0.05) is 24.3 Å². The van der Waals surface area contributed by atoms with Gasteiger partial charge in [0.2, 0.25) is 6.29 Å². The van der Waals surface area contributed by atoms with Crippen molar-refractivity contribution < 1.29 is 59.9 Å². The van der Waals surface area contributed by atoms with Crippen molar-refractivity contribution >= 4 is 35.6 Å². The highest BCUT2D eigenvalue weighted by Crippen LogP contribution is 2.49. The molecule has 6 rings (SSSR count). The van der Waals surface area contributed by atoms with Crippen LogP contribution in [0.5, 0.6) is 23.0 Å². The normalized spacial score (nSPS) is 25.6. The smallest absolute Gasteiger partial charge is 0.327 e. The van der Waals surface area contributed by atoms with Gasteiger partial charge >= 0.3 is 5.97 Å². The van der Waals surface area contributed by atoms with Crippen molar-refractivity contribution in [2.75, 3.05) is 18.2 Å². The maximum Gasteiger partial charge on any atom is 0.327 e. The third-order valence-electron chi connectivity index (χ3n) is 9.21. The number of aliphatic hydroxyl groups excluding tert-OH is 4. The van der Waals surface area contributed by atoms with Crippen LogP contribution in [0, 0.1) is 0 Å². The number of phenols is 3. The molecule has 15 heteroatoms. The molecule has 7 atom stereocenters. The number of aryl methyl sites for hydroxylation is 1. The van der Waals surface area contributed by atoms with Crippen LogP contribution in [0.15, 0.2) is 70.7 Å². The second-order valence-electron chi connectivity index (χ2n) is 12.5. The number of anilines is 1. The van der Waals surface area contributed by atoms with E-state index in [-0.39, 0.29) is 35.8 Å². The Balaban J connectivity index is 1.35. The number of amides is 1. The minimum Gasteiger partial charge on any atom is -0.508 e. The molecule has 15 nitrogen and oxygen atoms in total. The molecule has 1 amide bonds. The van der Waals surface area contributed by atoms with E-state index in [1.54, 1.807) is 36.5 Å². The molecular weight excluding hydrogens is 666 g/mol. The van der Waals surface area contributed by atoms with Gasteiger partial charge in [0.05, 0.1) is 18.0 Å². The van der Waals surface area contributed by atoms with E-state index in [9.17, 15) is 50.4 Å². The largest absolute Gasteiger partial charge is 0.508 e. The topological polar surface area (TPSA) is 242 Å². The van der Waals surface area contributed by atoms with Crippen molar-refractivity contribution in [1.82, 2.24) is 0 Å². The number of phenolic OH excluding ortho intramolecular Hbond substituents is 3. The summed E-state index contributed by atoms with van der Waals surface area (Å²) in [4.78, 5) is 36.3. The molecule has 3 heterocycles. The minimum atomic E-state index is -1.81. The number of carbonyl (C=O) groups excluding carboxylic acids is 1. The monoisotopic (exact) mass is 703 g/mol. The number of hydrogen-bond donors (Lipinski definition) is 8. The molecule has 0 saturated carbocycles. The number of carboxylic acids is 1. The lowest BCUT2D eigenvalue weighted by Crippen LogP contribution is -2.60. The van der Waals surface area contributed by atoms with Crippen LogP contribution >= 0.6 is 0 Å². The summed E-state index contributed by atoms with van der Waals surface area (Å²) in [7, 11) is 0. The molecule has 1 fully saturated rings. The number of aromatic hydroxyl groups is 3. The zero-order valence-corrected chi connectivity index (χ0v) is 27.1. The van der Waals surface area contributed by atoms with Gasteiger partial charge in [0.1, 0.15) is 48.6 Å². The van der Waals surface area contributed by atoms with Gasteiger partial charge in [-0.3, -0.25) is 19.7 Å². The van der Waals surface area contributed by atoms with Crippen LogP contribution in [0.4, 0.5) is 5.69 Å². The number of aliphatic hydroxyl groups is 4. The summed E-state index contributed by atoms with van der Waals surface area (Å²) in [6.07, 6.45) is -3.26. The summed E-state index contributed by atoms with van der Waals surface area (Å²) >= 11 is 0. The SMILES string of the molecule is O=C(O)[C@H]1[C@@H](CCc2ccccc2O)c2cc(O)c(O[C@H]3O[C@H](CO)[C@@H](O)[C@H](O)[C@H]3O)cc2N1C(=O)C=Cc1ccc(O)c(CC2=NCN=C2)c1. The van der Waals surface area contributed by atoms with Crippen LogP contribution in [0.1, 0.15) is 34.6 Å². The third-order valence-corrected chi connectivity index (χ3v) is 9.21. The molecule has 8 N–H and O–H groups in total. The first kappa shape index (κ1) is 35.5. The van der Waals surface area contributed by atoms with Gasteiger partial charge in [0.25, 0.3) is 5.91 Å². The Kier molecular flexibility index (Phi) is 10.4. The maximum absolute atomic E-state index is 14.0. The molecule has 0 unspecified atom stereocenters. The van der Waals surface area contributed by atoms with Gasteiger partial charge in [-0.2, -0.15) is 0 Å². The number of para-hydroxylation sites is 1. The van der Waals surface area contributed by atoms with Crippen LogP contribution in [0.25, 0.3) is 6.08 Å². The molecule has 3 aliphatic heterocycles. The number of rotatable bonds is 11. The predicted molar refractivity (Wildman–Crippen MR) is 182 cm³/mol. The highest BCUT2D eigenvalue weighted by atomic mass is 16.7. The van der Waals surface area contributed by atoms with Crippen molar-refractivity contribution in [2.24, 2.45) is 9.98 Å². The molecule has 3 aromatic rings. The number of aliphatic imine (C=N–C) groups is 2. The van der Waals surface area contributed by atoms with E-state index >= 15 is 0 Å². The number of carboxylic acid groups (broad SMARTS) is 1. The first-order chi connectivity index (χ1) is 24.5. The van der Waals surface area contributed by atoms with Gasteiger partial charge in [-0.15, -0.1) is 0 Å². The summed E-state index contributed by atoms with van der Waals surface area (Å²) in [5.41, 5.74) is 2.68. The van der Waals surface area contributed by atoms with Crippen molar-refractivity contribution in [3.8, 4) is 23.0 Å². The average molecular weight is 704 g/mol. The number of fused-ring (bicyclic) bond motifs is 1. The number of aliphatic carboxylic acids is 1. The van der Waals surface area contributed by atoms with E-state index in [2.05, 4.69) is 9.98 Å². The van der Waals surface area contributed by atoms with Crippen LogP contribution < -0.4 is 9.64 Å². The van der Waals surface area contributed by atoms with E-state index in [1.165, 1.54) is 36.4 Å². The van der Waals surface area contributed by atoms with E-state index in [0.29, 0.717) is 41.1 Å². The summed E-state index contributed by atoms with van der Waals surface area (Å²) in [5, 5.41) is 82.9. The van der Waals surface area contributed by atoms with Gasteiger partial charge in [0.15, 0.2) is 11.5 Å². The summed E-state index contributed by atoms with van der Waals surface area (Å²) in [6.45, 7) is -0.410. The Bertz CT molecular complexity index is 1890. The Hall–Kier alpha value is -5.32. The zero-order chi connectivity index (χ0) is 36.4. The lowest BCUT2D eigenvalue weighted by Gasteiger charge is -2.39. The van der Waals surface area contributed by atoms with Crippen LogP contribution in [0.2, 0.25) is 0 Å². The quantitative estimate of drug-likeness (QED) is 0.132. The van der Waals surface area contributed by atoms with Gasteiger partial charge in [0, 0.05) is 36.3 Å². The maximum atomic E-state index is 14.0. The molecule has 0 spiro atoms. The highest BCUT2D eigenvalue weighted by molar-refractivity contribution is 6.32. The highest BCUT2D eigenvalue weighted by Gasteiger charge is 2.48. The van der Waals surface area contributed by atoms with Gasteiger partial charge in [-0.25, -0.2) is 4.79 Å². The van der Waals surface area contributed by atoms with Crippen molar-refractivity contribution in [3.63, 3.8) is 0 Å². The molecule has 0 bridgehead atoms. The van der Waals surface area contributed by atoms with E-state index in [4.69, 9.17) is 9.47 Å². The van der Waals surface area contributed by atoms with E-state index in [1.807, 2.05) is 0 Å². The average Bonchev–Trinajstić information content (AvgIpc) is 3.74. The van der Waals surface area contributed by atoms with E-state index < -0.39 is 66.9 Å². The fraction of sp³-hybridized carbons (Fsp3) is 0.333. The number of carbonyl (C=O) groups is 2. The number of nitrogens with zero attached hydrogens (tertiary/aromatic N) is 3. The number of hydrogen-bond acceptors (Lipinski definition) is 13. The molecule has 0 aliphatic carbocycles. The fourth-order valence-electron chi connectivity index (χ4n) is 6.56. The van der Waals surface area contributed by atoms with Crippen molar-refractivity contribution in [1.29, 1.82) is 0 Å². The Labute approximate surface area is 291 Å². The molecule has 3 aliphatic rings. The van der Waals surface area contributed by atoms with Crippen molar-refractivity contribution in [3.05, 3.63) is 82.9 Å². The lowest BCUT2D eigenvalue weighted by molar-refractivity contribution is -0.277. The number of ether oxygens (including phenoxy) is 2.